The quantitative estimate of drug-likeness (QED) is 0.745. The van der Waals surface area contributed by atoms with Crippen LogP contribution in [0.15, 0.2) is 23.6 Å². The summed E-state index contributed by atoms with van der Waals surface area (Å²) >= 11 is 10.6. The predicted octanol–water partition coefficient (Wildman–Crippen LogP) is 4.50. The first kappa shape index (κ1) is 11.0. The van der Waals surface area contributed by atoms with Gasteiger partial charge in [0, 0.05) is 10.9 Å². The molecule has 5 heteroatoms. The van der Waals surface area contributed by atoms with E-state index in [1.54, 1.807) is 23.5 Å². The number of thiazole rings is 1. The summed E-state index contributed by atoms with van der Waals surface area (Å²) in [6.07, 6.45) is 0. The zero-order chi connectivity index (χ0) is 10.8. The van der Waals surface area contributed by atoms with Crippen molar-refractivity contribution in [3.63, 3.8) is 0 Å². The molecule has 0 aliphatic rings. The van der Waals surface area contributed by atoms with Gasteiger partial charge in [-0.3, -0.25) is 0 Å². The Morgan fingerprint density at radius 2 is 2.27 bits per heavy atom. The van der Waals surface area contributed by atoms with E-state index < -0.39 is 5.82 Å². The molecular formula is C10H6BrClFNS. The molecule has 1 heterocycles. The molecule has 0 aliphatic carbocycles. The van der Waals surface area contributed by atoms with Crippen LogP contribution in [0.1, 0.15) is 5.01 Å². The van der Waals surface area contributed by atoms with E-state index in [1.807, 2.05) is 5.38 Å². The van der Waals surface area contributed by atoms with E-state index in [-0.39, 0.29) is 5.02 Å². The van der Waals surface area contributed by atoms with Gasteiger partial charge in [0.05, 0.1) is 16.0 Å². The SMILES string of the molecule is Fc1ccc(-c2csc(CBr)n2)cc1Cl. The molecule has 1 nitrogen and oxygen atoms in total. The molecule has 15 heavy (non-hydrogen) atoms. The fraction of sp³-hybridized carbons (Fsp3) is 0.100. The maximum absolute atomic E-state index is 12.9. The Bertz CT molecular complexity index is 486. The number of nitrogens with zero attached hydrogens (tertiary/aromatic N) is 1. The Balaban J connectivity index is 2.40. The van der Waals surface area contributed by atoms with Gasteiger partial charge in [-0.15, -0.1) is 11.3 Å². The molecule has 0 saturated carbocycles. The number of benzene rings is 1. The number of rotatable bonds is 2. The Labute approximate surface area is 104 Å². The highest BCUT2D eigenvalue weighted by molar-refractivity contribution is 9.08. The zero-order valence-corrected chi connectivity index (χ0v) is 10.7. The van der Waals surface area contributed by atoms with Crippen LogP contribution in [0.5, 0.6) is 0 Å². The summed E-state index contributed by atoms with van der Waals surface area (Å²) in [6, 6.07) is 4.61. The smallest absolute Gasteiger partial charge is 0.141 e. The first-order chi connectivity index (χ1) is 7.20. The van der Waals surface area contributed by atoms with Gasteiger partial charge >= 0.3 is 0 Å². The average Bonchev–Trinajstić information content (AvgIpc) is 2.70. The van der Waals surface area contributed by atoms with Crippen molar-refractivity contribution in [1.82, 2.24) is 4.98 Å². The first-order valence-corrected chi connectivity index (χ1v) is 6.54. The second-order valence-corrected chi connectivity index (χ2v) is 4.80. The summed E-state index contributed by atoms with van der Waals surface area (Å²) in [6.45, 7) is 0. The summed E-state index contributed by atoms with van der Waals surface area (Å²) in [5.41, 5.74) is 1.67. The lowest BCUT2D eigenvalue weighted by molar-refractivity contribution is 0.628. The van der Waals surface area contributed by atoms with E-state index in [4.69, 9.17) is 11.6 Å². The minimum atomic E-state index is -0.406. The molecule has 2 aromatic rings. The molecule has 78 valence electrons. The molecule has 0 radical (unpaired) electrons. The van der Waals surface area contributed by atoms with Gasteiger partial charge in [0.15, 0.2) is 0 Å². The molecule has 0 atom stereocenters. The van der Waals surface area contributed by atoms with E-state index in [0.29, 0.717) is 0 Å². The van der Waals surface area contributed by atoms with Crippen molar-refractivity contribution in [2.45, 2.75) is 5.33 Å². The van der Waals surface area contributed by atoms with Gasteiger partial charge < -0.3 is 0 Å². The molecule has 1 aromatic carbocycles. The van der Waals surface area contributed by atoms with Crippen LogP contribution in [0.2, 0.25) is 5.02 Å². The monoisotopic (exact) mass is 305 g/mol. The highest BCUT2D eigenvalue weighted by atomic mass is 79.9. The van der Waals surface area contributed by atoms with Crippen LogP contribution in [0.25, 0.3) is 11.3 Å². The van der Waals surface area contributed by atoms with Gasteiger partial charge in [-0.25, -0.2) is 9.37 Å². The van der Waals surface area contributed by atoms with Crippen LogP contribution in [0, 0.1) is 5.82 Å². The highest BCUT2D eigenvalue weighted by Gasteiger charge is 2.06. The van der Waals surface area contributed by atoms with Crippen molar-refractivity contribution < 1.29 is 4.39 Å². The van der Waals surface area contributed by atoms with Crippen LogP contribution >= 0.6 is 38.9 Å². The van der Waals surface area contributed by atoms with Crippen LogP contribution in [0.3, 0.4) is 0 Å². The average molecular weight is 307 g/mol. The van der Waals surface area contributed by atoms with Crippen molar-refractivity contribution in [3.05, 3.63) is 39.4 Å². The van der Waals surface area contributed by atoms with Crippen molar-refractivity contribution in [3.8, 4) is 11.3 Å². The van der Waals surface area contributed by atoms with Gasteiger partial charge in [-0.2, -0.15) is 0 Å². The van der Waals surface area contributed by atoms with Crippen molar-refractivity contribution in [1.29, 1.82) is 0 Å². The van der Waals surface area contributed by atoms with E-state index in [0.717, 1.165) is 21.6 Å². The minimum absolute atomic E-state index is 0.126. The maximum Gasteiger partial charge on any atom is 0.141 e. The molecule has 0 amide bonds. The Hall–Kier alpha value is -0.450. The molecule has 0 N–H and O–H groups in total. The largest absolute Gasteiger partial charge is 0.240 e. The van der Waals surface area contributed by atoms with Crippen molar-refractivity contribution >= 4 is 38.9 Å². The van der Waals surface area contributed by atoms with Gasteiger partial charge in [-0.1, -0.05) is 27.5 Å². The van der Waals surface area contributed by atoms with E-state index in [2.05, 4.69) is 20.9 Å². The maximum atomic E-state index is 12.9. The molecule has 2 rings (SSSR count). The summed E-state index contributed by atoms with van der Waals surface area (Å²) in [4.78, 5) is 4.36. The number of aromatic nitrogens is 1. The topological polar surface area (TPSA) is 12.9 Å². The standard InChI is InChI=1S/C10H6BrClFNS/c11-4-10-14-9(5-15-10)6-1-2-8(13)7(12)3-6/h1-3,5H,4H2. The third-order valence-electron chi connectivity index (χ3n) is 1.88. The Morgan fingerprint density at radius 1 is 1.47 bits per heavy atom. The number of hydrogen-bond donors (Lipinski definition) is 0. The molecule has 0 bridgehead atoms. The summed E-state index contributed by atoms with van der Waals surface area (Å²) < 4.78 is 12.9. The lowest BCUT2D eigenvalue weighted by Gasteiger charge is -1.98. The highest BCUT2D eigenvalue weighted by Crippen LogP contribution is 2.26. The van der Waals surface area contributed by atoms with Crippen LogP contribution in [0.4, 0.5) is 4.39 Å². The lowest BCUT2D eigenvalue weighted by Crippen LogP contribution is -1.82. The third kappa shape index (κ3) is 2.38. The molecule has 0 aliphatic heterocycles. The summed E-state index contributed by atoms with van der Waals surface area (Å²) in [7, 11) is 0. The summed E-state index contributed by atoms with van der Waals surface area (Å²) in [5, 5.41) is 3.78. The number of halogens is 3. The summed E-state index contributed by atoms with van der Waals surface area (Å²) in [5.74, 6) is -0.406. The normalized spacial score (nSPS) is 10.6. The molecular weight excluding hydrogens is 301 g/mol. The fourth-order valence-corrected chi connectivity index (χ4v) is 2.51. The van der Waals surface area contributed by atoms with Gasteiger partial charge in [0.2, 0.25) is 0 Å². The van der Waals surface area contributed by atoms with Gasteiger partial charge in [-0.05, 0) is 18.2 Å². The second-order valence-electron chi connectivity index (χ2n) is 2.89. The molecule has 0 saturated heterocycles. The second kappa shape index (κ2) is 4.60. The Morgan fingerprint density at radius 3 is 2.87 bits per heavy atom. The number of alkyl halides is 1. The fourth-order valence-electron chi connectivity index (χ4n) is 1.16. The molecule has 1 aromatic heterocycles. The Kier molecular flexibility index (Phi) is 3.38. The number of hydrogen-bond acceptors (Lipinski definition) is 2. The van der Waals surface area contributed by atoms with Crippen LogP contribution < -0.4 is 0 Å². The van der Waals surface area contributed by atoms with E-state index >= 15 is 0 Å². The molecule has 0 fully saturated rings. The van der Waals surface area contributed by atoms with Crippen LogP contribution in [-0.2, 0) is 5.33 Å². The van der Waals surface area contributed by atoms with Crippen molar-refractivity contribution in [2.75, 3.05) is 0 Å². The van der Waals surface area contributed by atoms with Gasteiger partial charge in [0.1, 0.15) is 10.8 Å². The third-order valence-corrected chi connectivity index (χ3v) is 3.92. The zero-order valence-electron chi connectivity index (χ0n) is 7.51. The minimum Gasteiger partial charge on any atom is -0.240 e. The van der Waals surface area contributed by atoms with Gasteiger partial charge in [0.25, 0.3) is 0 Å². The first-order valence-electron chi connectivity index (χ1n) is 4.16. The molecule has 0 spiro atoms. The van der Waals surface area contributed by atoms with E-state index in [9.17, 15) is 4.39 Å². The van der Waals surface area contributed by atoms with E-state index in [1.165, 1.54) is 6.07 Å². The van der Waals surface area contributed by atoms with Crippen molar-refractivity contribution in [2.24, 2.45) is 0 Å². The lowest BCUT2D eigenvalue weighted by atomic mass is 10.2. The van der Waals surface area contributed by atoms with Crippen LogP contribution in [-0.4, -0.2) is 4.98 Å². The molecule has 0 unspecified atom stereocenters. The predicted molar refractivity (Wildman–Crippen MR) is 65.1 cm³/mol.